The molecular formula is C22H33N3O3. The minimum absolute atomic E-state index is 0.0541. The predicted octanol–water partition coefficient (Wildman–Crippen LogP) is 3.58. The van der Waals surface area contributed by atoms with Crippen LogP contribution in [0.15, 0.2) is 23.3 Å². The number of benzene rings is 1. The van der Waals surface area contributed by atoms with Gasteiger partial charge in [-0.3, -0.25) is 4.79 Å². The van der Waals surface area contributed by atoms with Gasteiger partial charge in [-0.1, -0.05) is 25.7 Å². The predicted molar refractivity (Wildman–Crippen MR) is 111 cm³/mol. The van der Waals surface area contributed by atoms with Crippen molar-refractivity contribution in [1.82, 2.24) is 5.01 Å². The van der Waals surface area contributed by atoms with E-state index in [0.29, 0.717) is 18.0 Å². The van der Waals surface area contributed by atoms with Gasteiger partial charge < -0.3 is 15.2 Å². The molecule has 0 radical (unpaired) electrons. The summed E-state index contributed by atoms with van der Waals surface area (Å²) in [5, 5.41) is 6.57. The fourth-order valence-electron chi connectivity index (χ4n) is 4.39. The van der Waals surface area contributed by atoms with Crippen molar-refractivity contribution < 1.29 is 14.3 Å². The van der Waals surface area contributed by atoms with Gasteiger partial charge in [0.25, 0.3) is 0 Å². The molecule has 1 aromatic carbocycles. The SMILES string of the molecule is COc1ccc(C2=NN(CCCCCCN)C(=O)[C@@H]3CCCC[C@H]23)cc1OC. The second-order valence-electron chi connectivity index (χ2n) is 7.72. The summed E-state index contributed by atoms with van der Waals surface area (Å²) >= 11 is 0. The molecule has 1 heterocycles. The van der Waals surface area contributed by atoms with Crippen LogP contribution < -0.4 is 15.2 Å². The number of carbonyl (C=O) groups excluding carboxylic acids is 1. The minimum atomic E-state index is 0.0541. The number of carbonyl (C=O) groups is 1. The standard InChI is InChI=1S/C22H33N3O3/c1-27-19-12-11-16(15-20(19)28-2)21-17-9-5-6-10-18(17)22(26)25(24-21)14-8-4-3-7-13-23/h11-12,15,17-18H,3-10,13-14,23H2,1-2H3/t17-,18+/m0/s1. The third-order valence-corrected chi connectivity index (χ3v) is 5.92. The zero-order valence-electron chi connectivity index (χ0n) is 17.2. The Kier molecular flexibility index (Phi) is 7.31. The van der Waals surface area contributed by atoms with Crippen molar-refractivity contribution in [1.29, 1.82) is 0 Å². The van der Waals surface area contributed by atoms with Crippen molar-refractivity contribution in [3.05, 3.63) is 23.8 Å². The molecule has 6 nitrogen and oxygen atoms in total. The summed E-state index contributed by atoms with van der Waals surface area (Å²) in [6.45, 7) is 1.41. The Morgan fingerprint density at radius 2 is 1.75 bits per heavy atom. The van der Waals surface area contributed by atoms with Gasteiger partial charge in [0.15, 0.2) is 11.5 Å². The Morgan fingerprint density at radius 1 is 1.04 bits per heavy atom. The van der Waals surface area contributed by atoms with Crippen molar-refractivity contribution in [3.63, 3.8) is 0 Å². The second kappa shape index (κ2) is 9.92. The zero-order chi connectivity index (χ0) is 19.9. The monoisotopic (exact) mass is 387 g/mol. The molecule has 2 aliphatic rings. The van der Waals surface area contributed by atoms with Crippen LogP contribution in [0.25, 0.3) is 0 Å². The zero-order valence-corrected chi connectivity index (χ0v) is 17.2. The molecule has 1 aliphatic heterocycles. The van der Waals surface area contributed by atoms with E-state index in [1.54, 1.807) is 19.2 Å². The molecular weight excluding hydrogens is 354 g/mol. The van der Waals surface area contributed by atoms with Gasteiger partial charge in [0.2, 0.25) is 5.91 Å². The summed E-state index contributed by atoms with van der Waals surface area (Å²) in [6, 6.07) is 5.93. The molecule has 3 rings (SSSR count). The third kappa shape index (κ3) is 4.49. The van der Waals surface area contributed by atoms with Gasteiger partial charge in [0.05, 0.1) is 19.9 Å². The number of ether oxygens (including phenoxy) is 2. The van der Waals surface area contributed by atoms with E-state index >= 15 is 0 Å². The Labute approximate surface area is 168 Å². The number of nitrogens with zero attached hydrogens (tertiary/aromatic N) is 2. The average molecular weight is 388 g/mol. The highest BCUT2D eigenvalue weighted by Gasteiger charge is 2.41. The molecule has 0 spiro atoms. The number of fused-ring (bicyclic) bond motifs is 1. The minimum Gasteiger partial charge on any atom is -0.493 e. The highest BCUT2D eigenvalue weighted by molar-refractivity contribution is 6.07. The van der Waals surface area contributed by atoms with E-state index in [1.165, 1.54) is 0 Å². The van der Waals surface area contributed by atoms with E-state index in [0.717, 1.165) is 69.2 Å². The molecule has 1 aromatic rings. The molecule has 0 saturated heterocycles. The number of amides is 1. The van der Waals surface area contributed by atoms with Crippen molar-refractivity contribution in [3.8, 4) is 11.5 Å². The molecule has 0 bridgehead atoms. The van der Waals surface area contributed by atoms with Gasteiger partial charge in [-0.25, -0.2) is 5.01 Å². The Balaban J connectivity index is 1.85. The molecule has 0 aromatic heterocycles. The lowest BCUT2D eigenvalue weighted by molar-refractivity contribution is -0.139. The summed E-state index contributed by atoms with van der Waals surface area (Å²) < 4.78 is 10.9. The van der Waals surface area contributed by atoms with Crippen LogP contribution in [0.1, 0.15) is 56.9 Å². The first-order valence-corrected chi connectivity index (χ1v) is 10.5. The number of methoxy groups -OCH3 is 2. The van der Waals surface area contributed by atoms with Gasteiger partial charge in [-0.05, 0) is 50.4 Å². The van der Waals surface area contributed by atoms with Gasteiger partial charge in [0, 0.05) is 23.9 Å². The maximum absolute atomic E-state index is 13.0. The van der Waals surface area contributed by atoms with Crippen LogP contribution in [0.2, 0.25) is 0 Å². The first kappa shape index (κ1) is 20.6. The van der Waals surface area contributed by atoms with Gasteiger partial charge in [0.1, 0.15) is 0 Å². The van der Waals surface area contributed by atoms with E-state index in [1.807, 2.05) is 18.2 Å². The lowest BCUT2D eigenvalue weighted by Gasteiger charge is -2.38. The molecule has 1 aliphatic carbocycles. The number of hydrogen-bond acceptors (Lipinski definition) is 5. The Hall–Kier alpha value is -2.08. The van der Waals surface area contributed by atoms with Crippen LogP contribution in [0, 0.1) is 11.8 Å². The largest absolute Gasteiger partial charge is 0.493 e. The van der Waals surface area contributed by atoms with Crippen LogP contribution >= 0.6 is 0 Å². The highest BCUT2D eigenvalue weighted by Crippen LogP contribution is 2.39. The molecule has 1 saturated carbocycles. The van der Waals surface area contributed by atoms with Crippen molar-refractivity contribution in [2.24, 2.45) is 22.7 Å². The van der Waals surface area contributed by atoms with Gasteiger partial charge in [-0.2, -0.15) is 5.10 Å². The summed E-state index contributed by atoms with van der Waals surface area (Å²) in [5.41, 5.74) is 7.61. The van der Waals surface area contributed by atoms with Crippen LogP contribution in [0.3, 0.4) is 0 Å². The number of hydrogen-bond donors (Lipinski definition) is 1. The lowest BCUT2D eigenvalue weighted by atomic mass is 9.73. The Morgan fingerprint density at radius 3 is 2.46 bits per heavy atom. The van der Waals surface area contributed by atoms with Crippen LogP contribution in [-0.2, 0) is 4.79 Å². The number of unbranched alkanes of at least 4 members (excludes halogenated alkanes) is 3. The van der Waals surface area contributed by atoms with E-state index in [4.69, 9.17) is 20.3 Å². The normalized spacial score (nSPS) is 21.9. The summed E-state index contributed by atoms with van der Waals surface area (Å²) in [6.07, 6.45) is 8.45. The summed E-state index contributed by atoms with van der Waals surface area (Å²) in [4.78, 5) is 13.0. The average Bonchev–Trinajstić information content (AvgIpc) is 2.74. The van der Waals surface area contributed by atoms with Gasteiger partial charge >= 0.3 is 0 Å². The summed E-state index contributed by atoms with van der Waals surface area (Å²) in [5.74, 6) is 1.86. The molecule has 2 atom stereocenters. The molecule has 6 heteroatoms. The van der Waals surface area contributed by atoms with Crippen LogP contribution in [0.5, 0.6) is 11.5 Å². The summed E-state index contributed by atoms with van der Waals surface area (Å²) in [7, 11) is 3.28. The molecule has 1 fully saturated rings. The van der Waals surface area contributed by atoms with Crippen molar-refractivity contribution in [2.45, 2.75) is 51.4 Å². The first-order chi connectivity index (χ1) is 13.7. The highest BCUT2D eigenvalue weighted by atomic mass is 16.5. The first-order valence-electron chi connectivity index (χ1n) is 10.5. The van der Waals surface area contributed by atoms with Crippen LogP contribution in [0.4, 0.5) is 0 Å². The molecule has 0 unspecified atom stereocenters. The maximum Gasteiger partial charge on any atom is 0.246 e. The number of rotatable bonds is 9. The van der Waals surface area contributed by atoms with Crippen molar-refractivity contribution >= 4 is 11.6 Å². The fourth-order valence-corrected chi connectivity index (χ4v) is 4.39. The van der Waals surface area contributed by atoms with Crippen LogP contribution in [-0.4, -0.2) is 43.9 Å². The Bertz CT molecular complexity index is 704. The molecule has 28 heavy (non-hydrogen) atoms. The lowest BCUT2D eigenvalue weighted by Crippen LogP contribution is -2.46. The quantitative estimate of drug-likeness (QED) is 0.657. The maximum atomic E-state index is 13.0. The van der Waals surface area contributed by atoms with E-state index in [2.05, 4.69) is 0 Å². The molecule has 154 valence electrons. The third-order valence-electron chi connectivity index (χ3n) is 5.92. The van der Waals surface area contributed by atoms with E-state index in [-0.39, 0.29) is 17.7 Å². The van der Waals surface area contributed by atoms with Gasteiger partial charge in [-0.15, -0.1) is 0 Å². The smallest absolute Gasteiger partial charge is 0.246 e. The van der Waals surface area contributed by atoms with Crippen molar-refractivity contribution in [2.75, 3.05) is 27.3 Å². The van der Waals surface area contributed by atoms with E-state index in [9.17, 15) is 4.79 Å². The molecule has 2 N–H and O–H groups in total. The topological polar surface area (TPSA) is 77.1 Å². The number of nitrogens with two attached hydrogens (primary N) is 1. The van der Waals surface area contributed by atoms with E-state index < -0.39 is 0 Å². The fraction of sp³-hybridized carbons (Fsp3) is 0.636. The second-order valence-corrected chi connectivity index (χ2v) is 7.72. The molecule has 1 amide bonds. The number of hydrazone groups is 1.